The molecule has 0 bridgehead atoms. The number of fused-ring (bicyclic) bond motifs is 1. The number of hydrazine groups is 1. The average molecular weight is 309 g/mol. The van der Waals surface area contributed by atoms with Crippen molar-refractivity contribution in [3.8, 4) is 0 Å². The maximum Gasteiger partial charge on any atom is 0.148 e. The molecule has 3 N–H and O–H groups in total. The van der Waals surface area contributed by atoms with Gasteiger partial charge in [-0.1, -0.05) is 18.2 Å². The third-order valence-corrected chi connectivity index (χ3v) is 3.59. The van der Waals surface area contributed by atoms with Crippen molar-refractivity contribution in [1.29, 1.82) is 0 Å². The number of furan rings is 1. The van der Waals surface area contributed by atoms with Crippen LogP contribution < -0.4 is 11.3 Å². The smallest absolute Gasteiger partial charge is 0.148 e. The van der Waals surface area contributed by atoms with Crippen LogP contribution in [-0.4, -0.2) is 0 Å². The lowest BCUT2D eigenvalue weighted by atomic mass is 10.1. The molecule has 0 aliphatic rings. The molecule has 96 valence electrons. The quantitative estimate of drug-likeness (QED) is 0.366. The average Bonchev–Trinajstić information content (AvgIpc) is 2.80. The van der Waals surface area contributed by atoms with Crippen LogP contribution in [0.2, 0.25) is 0 Å². The van der Waals surface area contributed by atoms with Gasteiger partial charge >= 0.3 is 0 Å². The van der Waals surface area contributed by atoms with E-state index >= 15 is 0 Å². The normalized spacial score (nSPS) is 12.8. The zero-order chi connectivity index (χ0) is 13.0. The van der Waals surface area contributed by atoms with Crippen LogP contribution in [0.3, 0.4) is 0 Å². The summed E-state index contributed by atoms with van der Waals surface area (Å²) in [6.07, 6.45) is 4.88. The lowest BCUT2D eigenvalue weighted by Crippen LogP contribution is -2.27. The first kappa shape index (κ1) is 13.3. The summed E-state index contributed by atoms with van der Waals surface area (Å²) in [5.74, 6) is 6.48. The van der Waals surface area contributed by atoms with Crippen LogP contribution >= 0.6 is 15.9 Å². The molecule has 0 radical (unpaired) electrons. The Labute approximate surface area is 115 Å². The first-order chi connectivity index (χ1) is 8.76. The van der Waals surface area contributed by atoms with Crippen LogP contribution in [0.5, 0.6) is 0 Å². The van der Waals surface area contributed by atoms with E-state index in [-0.39, 0.29) is 6.04 Å². The predicted molar refractivity (Wildman–Crippen MR) is 78.0 cm³/mol. The summed E-state index contributed by atoms with van der Waals surface area (Å²) in [6.45, 7) is 3.72. The van der Waals surface area contributed by atoms with E-state index in [4.69, 9.17) is 10.3 Å². The molecule has 0 amide bonds. The number of hydrogen-bond acceptors (Lipinski definition) is 3. The fourth-order valence-electron chi connectivity index (χ4n) is 1.99. The molecule has 1 heterocycles. The zero-order valence-electron chi connectivity index (χ0n) is 10.2. The maximum atomic E-state index is 5.87. The summed E-state index contributed by atoms with van der Waals surface area (Å²) in [5.41, 5.74) is 3.69. The fraction of sp³-hybridized carbons (Fsp3) is 0.286. The Hall–Kier alpha value is -1.10. The fourth-order valence-corrected chi connectivity index (χ4v) is 2.46. The molecule has 0 spiro atoms. The van der Waals surface area contributed by atoms with Crippen LogP contribution in [0.4, 0.5) is 0 Å². The SMILES string of the molecule is C=CCCCC(NN)c1cc2cccc(Br)c2o1. The molecule has 0 saturated heterocycles. The van der Waals surface area contributed by atoms with Crippen molar-refractivity contribution in [3.63, 3.8) is 0 Å². The van der Waals surface area contributed by atoms with E-state index in [1.807, 2.05) is 30.3 Å². The second kappa shape index (κ2) is 6.18. The van der Waals surface area contributed by atoms with Crippen molar-refractivity contribution < 1.29 is 4.42 Å². The highest BCUT2D eigenvalue weighted by atomic mass is 79.9. The summed E-state index contributed by atoms with van der Waals surface area (Å²) in [7, 11) is 0. The molecule has 0 aliphatic carbocycles. The Kier molecular flexibility index (Phi) is 4.58. The van der Waals surface area contributed by atoms with Gasteiger partial charge in [0.1, 0.15) is 11.3 Å². The lowest BCUT2D eigenvalue weighted by molar-refractivity contribution is 0.409. The van der Waals surface area contributed by atoms with Crippen LogP contribution in [0, 0.1) is 0 Å². The molecule has 2 rings (SSSR count). The molecule has 1 atom stereocenters. The van der Waals surface area contributed by atoms with Gasteiger partial charge in [0.05, 0.1) is 10.5 Å². The van der Waals surface area contributed by atoms with Gasteiger partial charge in [0.2, 0.25) is 0 Å². The number of allylic oxidation sites excluding steroid dienone is 1. The number of benzene rings is 1. The Bertz CT molecular complexity index is 536. The Balaban J connectivity index is 2.22. The largest absolute Gasteiger partial charge is 0.458 e. The highest BCUT2D eigenvalue weighted by Crippen LogP contribution is 2.30. The van der Waals surface area contributed by atoms with E-state index in [1.54, 1.807) is 0 Å². The minimum Gasteiger partial charge on any atom is -0.458 e. The molecule has 1 aromatic carbocycles. The van der Waals surface area contributed by atoms with E-state index < -0.39 is 0 Å². The molecule has 0 aliphatic heterocycles. The number of hydrogen-bond donors (Lipinski definition) is 2. The highest BCUT2D eigenvalue weighted by Gasteiger charge is 2.15. The molecule has 18 heavy (non-hydrogen) atoms. The summed E-state index contributed by atoms with van der Waals surface area (Å²) < 4.78 is 6.83. The number of nitrogens with one attached hydrogen (secondary N) is 1. The summed E-state index contributed by atoms with van der Waals surface area (Å²) in [6, 6.07) is 8.08. The molecule has 0 fully saturated rings. The number of rotatable bonds is 6. The van der Waals surface area contributed by atoms with Crippen molar-refractivity contribution >= 4 is 26.9 Å². The molecule has 3 nitrogen and oxygen atoms in total. The van der Waals surface area contributed by atoms with Gasteiger partial charge in [0.25, 0.3) is 0 Å². The van der Waals surface area contributed by atoms with Crippen LogP contribution in [0.1, 0.15) is 31.1 Å². The van der Waals surface area contributed by atoms with Crippen LogP contribution in [-0.2, 0) is 0 Å². The van der Waals surface area contributed by atoms with E-state index in [0.717, 1.165) is 40.5 Å². The van der Waals surface area contributed by atoms with Crippen molar-refractivity contribution in [1.82, 2.24) is 5.43 Å². The van der Waals surface area contributed by atoms with Gasteiger partial charge in [-0.15, -0.1) is 6.58 Å². The van der Waals surface area contributed by atoms with Gasteiger partial charge in [-0.2, -0.15) is 0 Å². The second-order valence-corrected chi connectivity index (χ2v) is 5.10. The summed E-state index contributed by atoms with van der Waals surface area (Å²) in [5, 5.41) is 1.09. The highest BCUT2D eigenvalue weighted by molar-refractivity contribution is 9.10. The Morgan fingerprint density at radius 1 is 1.50 bits per heavy atom. The molecule has 2 aromatic rings. The lowest BCUT2D eigenvalue weighted by Gasteiger charge is -2.12. The van der Waals surface area contributed by atoms with Crippen molar-refractivity contribution in [2.45, 2.75) is 25.3 Å². The molecular weight excluding hydrogens is 292 g/mol. The topological polar surface area (TPSA) is 51.2 Å². The summed E-state index contributed by atoms with van der Waals surface area (Å²) in [4.78, 5) is 0. The van der Waals surface area contributed by atoms with Crippen LogP contribution in [0.15, 0.2) is 45.8 Å². The molecule has 0 saturated carbocycles. The van der Waals surface area contributed by atoms with E-state index in [1.165, 1.54) is 0 Å². The van der Waals surface area contributed by atoms with Gasteiger partial charge in [0.15, 0.2) is 0 Å². The van der Waals surface area contributed by atoms with Crippen molar-refractivity contribution in [2.75, 3.05) is 0 Å². The van der Waals surface area contributed by atoms with Crippen molar-refractivity contribution in [2.24, 2.45) is 5.84 Å². The maximum absolute atomic E-state index is 5.87. The molecule has 1 aromatic heterocycles. The monoisotopic (exact) mass is 308 g/mol. The van der Waals surface area contributed by atoms with E-state index in [2.05, 4.69) is 27.9 Å². The third-order valence-electron chi connectivity index (χ3n) is 2.96. The number of para-hydroxylation sites is 1. The second-order valence-electron chi connectivity index (χ2n) is 4.25. The minimum atomic E-state index is 0.0456. The standard InChI is InChI=1S/C14H17BrN2O/c1-2-3-4-8-12(17-16)13-9-10-6-5-7-11(15)14(10)18-13/h2,5-7,9,12,17H,1,3-4,8,16H2. The molecule has 1 unspecified atom stereocenters. The zero-order valence-corrected chi connectivity index (χ0v) is 11.7. The van der Waals surface area contributed by atoms with Crippen molar-refractivity contribution in [3.05, 3.63) is 47.2 Å². The first-order valence-electron chi connectivity index (χ1n) is 6.01. The summed E-state index contributed by atoms with van der Waals surface area (Å²) >= 11 is 3.49. The van der Waals surface area contributed by atoms with Gasteiger partial charge in [-0.3, -0.25) is 5.84 Å². The van der Waals surface area contributed by atoms with Gasteiger partial charge in [-0.25, -0.2) is 5.43 Å². The number of halogens is 1. The molecular formula is C14H17BrN2O. The van der Waals surface area contributed by atoms with Crippen LogP contribution in [0.25, 0.3) is 11.0 Å². The molecule has 4 heteroatoms. The Morgan fingerprint density at radius 2 is 2.33 bits per heavy atom. The predicted octanol–water partition coefficient (Wildman–Crippen LogP) is 4.06. The first-order valence-corrected chi connectivity index (χ1v) is 6.80. The van der Waals surface area contributed by atoms with Gasteiger partial charge in [-0.05, 0) is 47.3 Å². The third kappa shape index (κ3) is 2.83. The number of nitrogens with two attached hydrogens (primary N) is 1. The number of unbranched alkanes of at least 4 members (excludes halogenated alkanes) is 1. The Morgan fingerprint density at radius 3 is 3.00 bits per heavy atom. The van der Waals surface area contributed by atoms with Gasteiger partial charge in [0, 0.05) is 5.39 Å². The minimum absolute atomic E-state index is 0.0456. The van der Waals surface area contributed by atoms with E-state index in [9.17, 15) is 0 Å². The van der Waals surface area contributed by atoms with E-state index in [0.29, 0.717) is 0 Å². The van der Waals surface area contributed by atoms with Gasteiger partial charge < -0.3 is 4.42 Å².